The molecule has 2 aromatic heterocycles. The van der Waals surface area contributed by atoms with Crippen molar-refractivity contribution in [3.8, 4) is 10.9 Å². The van der Waals surface area contributed by atoms with E-state index in [-0.39, 0.29) is 0 Å². The summed E-state index contributed by atoms with van der Waals surface area (Å²) in [6.07, 6.45) is 2.64. The second-order valence-electron chi connectivity index (χ2n) is 6.58. The molecule has 2 aromatic carbocycles. The molecule has 1 fully saturated rings. The van der Waals surface area contributed by atoms with Gasteiger partial charge in [0, 0.05) is 23.8 Å². The smallest absolute Gasteiger partial charge is 0.279 e. The van der Waals surface area contributed by atoms with E-state index in [2.05, 4.69) is 39.1 Å². The Morgan fingerprint density at radius 2 is 1.96 bits per heavy atom. The molecular weight excluding hydrogens is 330 g/mol. The largest absolute Gasteiger partial charge is 0.431 e. The van der Waals surface area contributed by atoms with E-state index in [0.29, 0.717) is 5.19 Å². The highest BCUT2D eigenvalue weighted by Gasteiger charge is 2.13. The quantitative estimate of drug-likeness (QED) is 0.553. The molecule has 0 spiro atoms. The minimum atomic E-state index is 0.685. The number of nitrogens with one attached hydrogen (secondary N) is 1. The summed E-state index contributed by atoms with van der Waals surface area (Å²) in [6.45, 7) is 3.42. The van der Waals surface area contributed by atoms with Crippen LogP contribution in [0.3, 0.4) is 0 Å². The van der Waals surface area contributed by atoms with Crippen LogP contribution in [0.1, 0.15) is 18.5 Å². The van der Waals surface area contributed by atoms with E-state index >= 15 is 0 Å². The van der Waals surface area contributed by atoms with Crippen molar-refractivity contribution in [1.82, 2.24) is 14.9 Å². The van der Waals surface area contributed by atoms with Crippen molar-refractivity contribution in [2.45, 2.75) is 19.4 Å². The predicted octanol–water partition coefficient (Wildman–Crippen LogP) is 5.17. The first-order chi connectivity index (χ1) is 12.3. The number of rotatable bonds is 4. The van der Waals surface area contributed by atoms with Crippen LogP contribution in [-0.4, -0.2) is 28.0 Å². The topological polar surface area (TPSA) is 41.1 Å². The van der Waals surface area contributed by atoms with Crippen LogP contribution in [0, 0.1) is 0 Å². The van der Waals surface area contributed by atoms with E-state index in [0.717, 1.165) is 28.0 Å². The first-order valence-electron chi connectivity index (χ1n) is 8.71. The van der Waals surface area contributed by atoms with Crippen molar-refractivity contribution in [3.05, 3.63) is 54.2 Å². The monoisotopic (exact) mass is 349 g/mol. The highest BCUT2D eigenvalue weighted by Crippen LogP contribution is 2.32. The van der Waals surface area contributed by atoms with Crippen molar-refractivity contribution < 1.29 is 4.74 Å². The van der Waals surface area contributed by atoms with E-state index in [1.807, 2.05) is 24.3 Å². The molecule has 5 rings (SSSR count). The molecule has 1 aliphatic rings. The Hall–Kier alpha value is -2.37. The Bertz CT molecular complexity index is 997. The molecule has 1 aliphatic heterocycles. The van der Waals surface area contributed by atoms with Gasteiger partial charge in [0.25, 0.3) is 5.19 Å². The molecule has 0 bridgehead atoms. The number of likely N-dealkylation sites (tertiary alicyclic amines) is 1. The molecule has 0 radical (unpaired) electrons. The highest BCUT2D eigenvalue weighted by molar-refractivity contribution is 7.20. The van der Waals surface area contributed by atoms with Gasteiger partial charge in [0.1, 0.15) is 5.75 Å². The minimum Gasteiger partial charge on any atom is -0.431 e. The van der Waals surface area contributed by atoms with E-state index in [9.17, 15) is 0 Å². The van der Waals surface area contributed by atoms with Crippen LogP contribution < -0.4 is 4.74 Å². The van der Waals surface area contributed by atoms with Crippen molar-refractivity contribution in [2.75, 3.05) is 13.1 Å². The lowest BCUT2D eigenvalue weighted by molar-refractivity contribution is 0.328. The second-order valence-corrected chi connectivity index (χ2v) is 7.57. The molecule has 0 amide bonds. The molecule has 0 atom stereocenters. The second kappa shape index (κ2) is 6.17. The van der Waals surface area contributed by atoms with E-state index in [4.69, 9.17) is 4.74 Å². The van der Waals surface area contributed by atoms with Gasteiger partial charge in [-0.15, -0.1) is 0 Å². The summed E-state index contributed by atoms with van der Waals surface area (Å²) in [4.78, 5) is 10.6. The molecule has 1 N–H and O–H groups in total. The van der Waals surface area contributed by atoms with Gasteiger partial charge in [-0.1, -0.05) is 23.5 Å². The lowest BCUT2D eigenvalue weighted by Gasteiger charge is -2.12. The SMILES string of the molecule is c1ccc2sc(Oc3ccc4cc(CN5CCCC5)[nH]c4c3)nc2c1. The Morgan fingerprint density at radius 3 is 2.84 bits per heavy atom. The number of thiazole rings is 1. The third-order valence-electron chi connectivity index (χ3n) is 4.72. The standard InChI is InChI=1S/C20H19N3OS/c1-2-6-19-17(5-1)22-20(25-19)24-16-8-7-14-11-15(21-18(14)12-16)13-23-9-3-4-10-23/h1-2,5-8,11-12,21H,3-4,9-10,13H2. The molecule has 3 heterocycles. The van der Waals surface area contributed by atoms with Gasteiger partial charge in [0.15, 0.2) is 0 Å². The number of aromatic amines is 1. The van der Waals surface area contributed by atoms with Crippen LogP contribution >= 0.6 is 11.3 Å². The fourth-order valence-corrected chi connectivity index (χ4v) is 4.33. The number of ether oxygens (including phenoxy) is 1. The zero-order chi connectivity index (χ0) is 16.6. The maximum Gasteiger partial charge on any atom is 0.279 e. The summed E-state index contributed by atoms with van der Waals surface area (Å²) in [7, 11) is 0. The first kappa shape index (κ1) is 14.9. The fourth-order valence-electron chi connectivity index (χ4n) is 3.49. The van der Waals surface area contributed by atoms with E-state index in [1.165, 1.54) is 37.0 Å². The number of aromatic nitrogens is 2. The molecule has 5 heteroatoms. The van der Waals surface area contributed by atoms with Crippen molar-refractivity contribution in [2.24, 2.45) is 0 Å². The summed E-state index contributed by atoms with van der Waals surface area (Å²) in [6, 6.07) is 16.5. The number of nitrogens with zero attached hydrogens (tertiary/aromatic N) is 2. The molecular formula is C20H19N3OS. The minimum absolute atomic E-state index is 0.685. The number of benzene rings is 2. The number of hydrogen-bond acceptors (Lipinski definition) is 4. The highest BCUT2D eigenvalue weighted by atomic mass is 32.1. The van der Waals surface area contributed by atoms with Gasteiger partial charge in [-0.3, -0.25) is 4.90 Å². The maximum atomic E-state index is 5.99. The predicted molar refractivity (Wildman–Crippen MR) is 103 cm³/mol. The Kier molecular flexibility index (Phi) is 3.68. The number of fused-ring (bicyclic) bond motifs is 2. The van der Waals surface area contributed by atoms with Crippen LogP contribution in [0.2, 0.25) is 0 Å². The van der Waals surface area contributed by atoms with Crippen molar-refractivity contribution in [1.29, 1.82) is 0 Å². The Balaban J connectivity index is 1.39. The summed E-state index contributed by atoms with van der Waals surface area (Å²) in [5.41, 5.74) is 3.37. The molecule has 4 aromatic rings. The summed E-state index contributed by atoms with van der Waals surface area (Å²) >= 11 is 1.57. The van der Waals surface area contributed by atoms with Gasteiger partial charge in [0.2, 0.25) is 0 Å². The number of H-pyrrole nitrogens is 1. The average Bonchev–Trinajstić information content (AvgIpc) is 3.33. The fraction of sp³-hybridized carbons (Fsp3) is 0.250. The summed E-state index contributed by atoms with van der Waals surface area (Å²) < 4.78 is 7.14. The normalized spacial score (nSPS) is 15.4. The van der Waals surface area contributed by atoms with Crippen LogP contribution in [0.25, 0.3) is 21.1 Å². The molecule has 4 nitrogen and oxygen atoms in total. The van der Waals surface area contributed by atoms with Crippen LogP contribution in [0.5, 0.6) is 10.9 Å². The van der Waals surface area contributed by atoms with Crippen molar-refractivity contribution in [3.63, 3.8) is 0 Å². The number of para-hydroxylation sites is 1. The van der Waals surface area contributed by atoms with Gasteiger partial charge in [0.05, 0.1) is 10.2 Å². The van der Waals surface area contributed by atoms with Gasteiger partial charge in [-0.25, -0.2) is 4.98 Å². The first-order valence-corrected chi connectivity index (χ1v) is 9.53. The van der Waals surface area contributed by atoms with Gasteiger partial charge < -0.3 is 9.72 Å². The molecule has 25 heavy (non-hydrogen) atoms. The maximum absolute atomic E-state index is 5.99. The zero-order valence-electron chi connectivity index (χ0n) is 13.9. The summed E-state index contributed by atoms with van der Waals surface area (Å²) in [5.74, 6) is 0.820. The van der Waals surface area contributed by atoms with Crippen molar-refractivity contribution >= 4 is 32.5 Å². The average molecular weight is 349 g/mol. The summed E-state index contributed by atoms with van der Waals surface area (Å²) in [5, 5.41) is 1.91. The van der Waals surface area contributed by atoms with E-state index < -0.39 is 0 Å². The zero-order valence-corrected chi connectivity index (χ0v) is 14.7. The number of hydrogen-bond donors (Lipinski definition) is 1. The Labute approximate surface area is 150 Å². The van der Waals surface area contributed by atoms with Gasteiger partial charge in [-0.2, -0.15) is 0 Å². The molecule has 0 aliphatic carbocycles. The molecule has 0 saturated carbocycles. The van der Waals surface area contributed by atoms with E-state index in [1.54, 1.807) is 11.3 Å². The lowest BCUT2D eigenvalue weighted by atomic mass is 10.2. The molecule has 126 valence electrons. The molecule has 0 unspecified atom stereocenters. The lowest BCUT2D eigenvalue weighted by Crippen LogP contribution is -2.18. The van der Waals surface area contributed by atoms with Crippen LogP contribution in [0.4, 0.5) is 0 Å². The Morgan fingerprint density at radius 1 is 1.08 bits per heavy atom. The van der Waals surface area contributed by atoms with Crippen LogP contribution in [0.15, 0.2) is 48.5 Å². The molecule has 1 saturated heterocycles. The van der Waals surface area contributed by atoms with Gasteiger partial charge in [-0.05, 0) is 61.6 Å². The van der Waals surface area contributed by atoms with Gasteiger partial charge >= 0.3 is 0 Å². The third-order valence-corrected chi connectivity index (χ3v) is 5.64. The third kappa shape index (κ3) is 3.01. The van der Waals surface area contributed by atoms with Crippen LogP contribution in [-0.2, 0) is 6.54 Å².